The van der Waals surface area contributed by atoms with Crippen molar-refractivity contribution in [3.8, 4) is 0 Å². The van der Waals surface area contributed by atoms with Crippen molar-refractivity contribution in [2.24, 2.45) is 0 Å². The van der Waals surface area contributed by atoms with E-state index in [1.54, 1.807) is 0 Å². The highest BCUT2D eigenvalue weighted by Crippen LogP contribution is 2.24. The van der Waals surface area contributed by atoms with E-state index in [0.717, 1.165) is 0 Å². The van der Waals surface area contributed by atoms with Crippen molar-refractivity contribution in [2.75, 3.05) is 0 Å². The third kappa shape index (κ3) is 52.0. The third-order valence-corrected chi connectivity index (χ3v) is 13.7. The number of ether oxygens (including phenoxy) is 1. The van der Waals surface area contributed by atoms with E-state index in [4.69, 9.17) is 4.74 Å². The molecule has 0 spiro atoms. The Bertz CT molecular complexity index is 746. The highest BCUT2D eigenvalue weighted by Gasteiger charge is 2.17. The summed E-state index contributed by atoms with van der Waals surface area (Å²) < 4.78 is 7.24. The Labute approximate surface area is 388 Å². The Hall–Kier alpha value is -0.560. The van der Waals surface area contributed by atoms with Crippen LogP contribution in [0.4, 0.5) is 0 Å². The van der Waals surface area contributed by atoms with Crippen LogP contribution in [0.1, 0.15) is 349 Å². The standard InChI is InChI=1S/C60H118O/c1-5-9-13-17-21-25-29-31-33-35-37-41-45-49-53-57-59(55-51-47-43-39-27-23-19-15-11-7-3)61-60(56-52-48-44-40-28-24-20-16-12-8-4)58-54-50-46-42-38-36-34-32-30-26-22-18-14-10-6-2/h31-34,59-60H,5-30,35-58H2,1-4H3/b33-31-,34-32-. The zero-order chi connectivity index (χ0) is 44.0. The van der Waals surface area contributed by atoms with Crippen LogP contribution in [0, 0.1) is 0 Å². The van der Waals surface area contributed by atoms with Gasteiger partial charge in [0.05, 0.1) is 12.2 Å². The molecule has 1 nitrogen and oxygen atoms in total. The smallest absolute Gasteiger partial charge is 0.0578 e. The highest BCUT2D eigenvalue weighted by atomic mass is 16.5. The Morgan fingerprint density at radius 1 is 0.213 bits per heavy atom. The summed E-state index contributed by atoms with van der Waals surface area (Å²) in [6.45, 7) is 9.28. The molecule has 0 aromatic rings. The molecule has 0 aromatic heterocycles. The predicted octanol–water partition coefficient (Wildman–Crippen LogP) is 22.4. The molecule has 0 radical (unpaired) electrons. The van der Waals surface area contributed by atoms with Gasteiger partial charge in [0.2, 0.25) is 0 Å². The first-order valence-electron chi connectivity index (χ1n) is 29.2. The quantitative estimate of drug-likeness (QED) is 0.0437. The van der Waals surface area contributed by atoms with Crippen LogP contribution in [-0.2, 0) is 4.74 Å². The van der Waals surface area contributed by atoms with Gasteiger partial charge in [0, 0.05) is 0 Å². The molecule has 364 valence electrons. The van der Waals surface area contributed by atoms with Crippen LogP contribution in [0.3, 0.4) is 0 Å². The molecule has 0 aliphatic rings. The van der Waals surface area contributed by atoms with Crippen molar-refractivity contribution in [3.05, 3.63) is 24.3 Å². The largest absolute Gasteiger partial charge is 0.375 e. The van der Waals surface area contributed by atoms with Gasteiger partial charge in [0.1, 0.15) is 0 Å². The molecule has 1 heteroatoms. The number of unbranched alkanes of at least 4 members (excludes halogenated alkanes) is 40. The maximum absolute atomic E-state index is 7.24. The summed E-state index contributed by atoms with van der Waals surface area (Å²) in [6, 6.07) is 0. The summed E-state index contributed by atoms with van der Waals surface area (Å²) in [4.78, 5) is 0. The molecule has 0 saturated carbocycles. The lowest BCUT2D eigenvalue weighted by Crippen LogP contribution is -2.23. The molecule has 0 N–H and O–H groups in total. The fraction of sp³-hybridized carbons (Fsp3) is 0.933. The third-order valence-electron chi connectivity index (χ3n) is 13.7. The molecular formula is C60H118O. The van der Waals surface area contributed by atoms with Crippen LogP contribution in [0.25, 0.3) is 0 Å². The van der Waals surface area contributed by atoms with Gasteiger partial charge in [-0.2, -0.15) is 0 Å². The maximum Gasteiger partial charge on any atom is 0.0578 e. The van der Waals surface area contributed by atoms with E-state index < -0.39 is 0 Å². The lowest BCUT2D eigenvalue weighted by molar-refractivity contribution is -0.0324. The average Bonchev–Trinajstić information content (AvgIpc) is 3.27. The average molecular weight is 856 g/mol. The van der Waals surface area contributed by atoms with Gasteiger partial charge in [-0.05, 0) is 77.0 Å². The van der Waals surface area contributed by atoms with E-state index in [9.17, 15) is 0 Å². The second-order valence-corrected chi connectivity index (χ2v) is 20.1. The lowest BCUT2D eigenvalue weighted by atomic mass is 9.99. The Morgan fingerprint density at radius 3 is 0.574 bits per heavy atom. The molecule has 0 aliphatic heterocycles. The second kappa shape index (κ2) is 55.6. The van der Waals surface area contributed by atoms with Gasteiger partial charge >= 0.3 is 0 Å². The van der Waals surface area contributed by atoms with E-state index >= 15 is 0 Å². The molecule has 0 saturated heterocycles. The van der Waals surface area contributed by atoms with Crippen molar-refractivity contribution in [2.45, 2.75) is 361 Å². The topological polar surface area (TPSA) is 9.23 Å². The zero-order valence-corrected chi connectivity index (χ0v) is 43.2. The monoisotopic (exact) mass is 855 g/mol. The van der Waals surface area contributed by atoms with Crippen molar-refractivity contribution in [1.29, 1.82) is 0 Å². The Kier molecular flexibility index (Phi) is 55.1. The molecule has 61 heavy (non-hydrogen) atoms. The summed E-state index contributed by atoms with van der Waals surface area (Å²) in [5, 5.41) is 0. The highest BCUT2D eigenvalue weighted by molar-refractivity contribution is 4.82. The molecule has 0 heterocycles. The molecule has 0 aliphatic carbocycles. The first-order valence-corrected chi connectivity index (χ1v) is 29.2. The molecule has 0 fully saturated rings. The van der Waals surface area contributed by atoms with Gasteiger partial charge in [-0.15, -0.1) is 0 Å². The number of hydrogen-bond acceptors (Lipinski definition) is 1. The Balaban J connectivity index is 4.82. The van der Waals surface area contributed by atoms with Crippen LogP contribution < -0.4 is 0 Å². The summed E-state index contributed by atoms with van der Waals surface area (Å²) in [7, 11) is 0. The minimum atomic E-state index is 0.496. The lowest BCUT2D eigenvalue weighted by Gasteiger charge is -2.26. The second-order valence-electron chi connectivity index (χ2n) is 20.1. The van der Waals surface area contributed by atoms with Crippen LogP contribution in [0.2, 0.25) is 0 Å². The van der Waals surface area contributed by atoms with Crippen molar-refractivity contribution in [3.63, 3.8) is 0 Å². The fourth-order valence-electron chi connectivity index (χ4n) is 9.44. The fourth-order valence-corrected chi connectivity index (χ4v) is 9.44. The van der Waals surface area contributed by atoms with Crippen LogP contribution in [-0.4, -0.2) is 12.2 Å². The van der Waals surface area contributed by atoms with Gasteiger partial charge in [0.25, 0.3) is 0 Å². The maximum atomic E-state index is 7.24. The number of allylic oxidation sites excluding steroid dienone is 4. The summed E-state index contributed by atoms with van der Waals surface area (Å²) in [6.07, 6.45) is 80.7. The van der Waals surface area contributed by atoms with E-state index in [2.05, 4.69) is 52.0 Å². The van der Waals surface area contributed by atoms with Gasteiger partial charge in [-0.3, -0.25) is 0 Å². The zero-order valence-electron chi connectivity index (χ0n) is 43.2. The summed E-state index contributed by atoms with van der Waals surface area (Å²) in [5.41, 5.74) is 0. The molecule has 0 rings (SSSR count). The van der Waals surface area contributed by atoms with Crippen LogP contribution in [0.15, 0.2) is 24.3 Å². The number of rotatable bonds is 54. The van der Waals surface area contributed by atoms with E-state index in [0.29, 0.717) is 12.2 Å². The van der Waals surface area contributed by atoms with E-state index in [-0.39, 0.29) is 0 Å². The first-order chi connectivity index (χ1) is 30.3. The summed E-state index contributed by atoms with van der Waals surface area (Å²) in [5.74, 6) is 0. The van der Waals surface area contributed by atoms with E-state index in [1.807, 2.05) is 0 Å². The molecule has 2 unspecified atom stereocenters. The Morgan fingerprint density at radius 2 is 0.377 bits per heavy atom. The van der Waals surface area contributed by atoms with E-state index in [1.165, 1.54) is 321 Å². The molecular weight excluding hydrogens is 737 g/mol. The first kappa shape index (κ1) is 60.4. The minimum absolute atomic E-state index is 0.496. The van der Waals surface area contributed by atoms with Crippen molar-refractivity contribution < 1.29 is 4.74 Å². The molecule has 0 aromatic carbocycles. The van der Waals surface area contributed by atoms with Gasteiger partial charge in [0.15, 0.2) is 0 Å². The molecule has 0 amide bonds. The number of hydrogen-bond donors (Lipinski definition) is 0. The van der Waals surface area contributed by atoms with Crippen molar-refractivity contribution >= 4 is 0 Å². The van der Waals surface area contributed by atoms with Crippen LogP contribution >= 0.6 is 0 Å². The minimum Gasteiger partial charge on any atom is -0.375 e. The van der Waals surface area contributed by atoms with Gasteiger partial charge < -0.3 is 4.74 Å². The van der Waals surface area contributed by atoms with Crippen LogP contribution in [0.5, 0.6) is 0 Å². The molecule has 2 atom stereocenters. The normalized spacial score (nSPS) is 13.0. The SMILES string of the molecule is CCCCCCCC/C=C\CCCCCCCC(CCCCCCCCCCCC)OC(CCCCCCC/C=C\CCCCCCCC)CCCCCCCCCCCC. The molecule has 0 bridgehead atoms. The predicted molar refractivity (Wildman–Crippen MR) is 280 cm³/mol. The van der Waals surface area contributed by atoms with Crippen molar-refractivity contribution in [1.82, 2.24) is 0 Å². The van der Waals surface area contributed by atoms with Gasteiger partial charge in [-0.25, -0.2) is 0 Å². The van der Waals surface area contributed by atoms with Gasteiger partial charge in [-0.1, -0.05) is 296 Å². The summed E-state index contributed by atoms with van der Waals surface area (Å²) >= 11 is 0.